The van der Waals surface area contributed by atoms with Crippen LogP contribution in [0, 0.1) is 5.92 Å². The van der Waals surface area contributed by atoms with Crippen LogP contribution in [0.5, 0.6) is 0 Å². The van der Waals surface area contributed by atoms with Gasteiger partial charge < -0.3 is 10.2 Å². The van der Waals surface area contributed by atoms with E-state index < -0.39 is 0 Å². The van der Waals surface area contributed by atoms with Crippen LogP contribution >= 0.6 is 0 Å². The van der Waals surface area contributed by atoms with Gasteiger partial charge in [0.1, 0.15) is 0 Å². The van der Waals surface area contributed by atoms with Crippen molar-refractivity contribution < 1.29 is 0 Å². The predicted octanol–water partition coefficient (Wildman–Crippen LogP) is 2.97. The van der Waals surface area contributed by atoms with Crippen LogP contribution in [-0.4, -0.2) is 38.6 Å². The fourth-order valence-electron chi connectivity index (χ4n) is 2.21. The molecule has 0 heterocycles. The van der Waals surface area contributed by atoms with Crippen molar-refractivity contribution in [3.63, 3.8) is 0 Å². The molecule has 19 heavy (non-hydrogen) atoms. The third-order valence-corrected chi connectivity index (χ3v) is 3.79. The molecule has 1 N–H and O–H groups in total. The fraction of sp³-hybridized carbons (Fsp3) is 0.647. The Morgan fingerprint density at radius 1 is 1.11 bits per heavy atom. The normalized spacial score (nSPS) is 12.9. The summed E-state index contributed by atoms with van der Waals surface area (Å²) in [7, 11) is 4.23. The number of hydrogen-bond acceptors (Lipinski definition) is 2. The van der Waals surface area contributed by atoms with Gasteiger partial charge in [0.05, 0.1) is 0 Å². The molecule has 0 aromatic heterocycles. The maximum atomic E-state index is 3.19. The first-order valence-corrected chi connectivity index (χ1v) is 7.56. The van der Waals surface area contributed by atoms with Crippen molar-refractivity contribution in [2.24, 2.45) is 5.92 Å². The highest BCUT2D eigenvalue weighted by atomic mass is 15.1. The zero-order valence-electron chi connectivity index (χ0n) is 13.1. The monoisotopic (exact) mass is 262 g/mol. The predicted molar refractivity (Wildman–Crippen MR) is 84.7 cm³/mol. The Bertz CT molecular complexity index is 332. The zero-order valence-corrected chi connectivity index (χ0v) is 13.1. The summed E-state index contributed by atoms with van der Waals surface area (Å²) in [6.07, 6.45) is 3.54. The number of benzene rings is 1. The van der Waals surface area contributed by atoms with Crippen LogP contribution < -0.4 is 5.32 Å². The molecule has 0 amide bonds. The van der Waals surface area contributed by atoms with Gasteiger partial charge in [-0.2, -0.15) is 0 Å². The van der Waals surface area contributed by atoms with E-state index in [0.29, 0.717) is 0 Å². The maximum Gasteiger partial charge on any atom is 0.00189 e. The van der Waals surface area contributed by atoms with Gasteiger partial charge >= 0.3 is 0 Å². The van der Waals surface area contributed by atoms with Crippen LogP contribution in [0.3, 0.4) is 0 Å². The van der Waals surface area contributed by atoms with E-state index in [0.717, 1.165) is 31.8 Å². The smallest absolute Gasteiger partial charge is 0.00189 e. The van der Waals surface area contributed by atoms with Gasteiger partial charge in [0.15, 0.2) is 0 Å². The Morgan fingerprint density at radius 3 is 2.21 bits per heavy atom. The molecule has 0 spiro atoms. The summed E-state index contributed by atoms with van der Waals surface area (Å²) in [6.45, 7) is 8.00. The van der Waals surface area contributed by atoms with Crippen molar-refractivity contribution in [1.29, 1.82) is 0 Å². The molecule has 1 aromatic rings. The largest absolute Gasteiger partial charge is 0.319 e. The highest BCUT2D eigenvalue weighted by Crippen LogP contribution is 2.08. The third kappa shape index (κ3) is 6.74. The molecule has 0 aliphatic carbocycles. The molecule has 1 aromatic carbocycles. The molecule has 2 nitrogen and oxygen atoms in total. The van der Waals surface area contributed by atoms with Gasteiger partial charge in [-0.15, -0.1) is 0 Å². The van der Waals surface area contributed by atoms with Gasteiger partial charge in [-0.25, -0.2) is 0 Å². The van der Waals surface area contributed by atoms with E-state index in [1.54, 1.807) is 0 Å². The van der Waals surface area contributed by atoms with Gasteiger partial charge in [0.2, 0.25) is 0 Å². The SMILES string of the molecule is CCC(C)CN(C)CCc1ccc(CCNC)cc1. The number of nitrogens with zero attached hydrogens (tertiary/aromatic N) is 1. The third-order valence-electron chi connectivity index (χ3n) is 3.79. The second-order valence-corrected chi connectivity index (χ2v) is 5.70. The molecule has 0 aliphatic rings. The first-order valence-electron chi connectivity index (χ1n) is 7.56. The summed E-state index contributed by atoms with van der Waals surface area (Å²) in [5.41, 5.74) is 2.87. The van der Waals surface area contributed by atoms with E-state index in [4.69, 9.17) is 0 Å². The highest BCUT2D eigenvalue weighted by Gasteiger charge is 2.04. The van der Waals surface area contributed by atoms with Crippen molar-refractivity contribution in [1.82, 2.24) is 10.2 Å². The molecule has 2 heteroatoms. The summed E-state index contributed by atoms with van der Waals surface area (Å²) in [5, 5.41) is 3.19. The van der Waals surface area contributed by atoms with Crippen LogP contribution in [0.2, 0.25) is 0 Å². The minimum atomic E-state index is 0.800. The van der Waals surface area contributed by atoms with Crippen molar-refractivity contribution in [3.05, 3.63) is 35.4 Å². The molecular weight excluding hydrogens is 232 g/mol. The Morgan fingerprint density at radius 2 is 1.68 bits per heavy atom. The van der Waals surface area contributed by atoms with E-state index in [1.165, 1.54) is 24.1 Å². The topological polar surface area (TPSA) is 15.3 Å². The standard InChI is InChI=1S/C17H30N2/c1-5-15(2)14-19(4)13-11-17-8-6-16(7-9-17)10-12-18-3/h6-9,15,18H,5,10-14H2,1-4H3. The summed E-state index contributed by atoms with van der Waals surface area (Å²) < 4.78 is 0. The average molecular weight is 262 g/mol. The van der Waals surface area contributed by atoms with Gasteiger partial charge in [-0.3, -0.25) is 0 Å². The molecule has 0 saturated heterocycles. The second-order valence-electron chi connectivity index (χ2n) is 5.70. The van der Waals surface area contributed by atoms with Gasteiger partial charge in [-0.05, 0) is 50.5 Å². The number of likely N-dealkylation sites (N-methyl/N-ethyl adjacent to an activating group) is 2. The van der Waals surface area contributed by atoms with Crippen molar-refractivity contribution in [2.45, 2.75) is 33.1 Å². The molecule has 0 bridgehead atoms. The maximum absolute atomic E-state index is 3.19. The molecule has 0 fully saturated rings. The molecule has 0 radical (unpaired) electrons. The lowest BCUT2D eigenvalue weighted by atomic mass is 10.1. The number of nitrogens with one attached hydrogen (secondary N) is 1. The Labute approximate surface area is 119 Å². The fourth-order valence-corrected chi connectivity index (χ4v) is 2.21. The Hall–Kier alpha value is -0.860. The van der Waals surface area contributed by atoms with Gasteiger partial charge in [0.25, 0.3) is 0 Å². The van der Waals surface area contributed by atoms with Crippen LogP contribution in [0.1, 0.15) is 31.4 Å². The van der Waals surface area contributed by atoms with Gasteiger partial charge in [-0.1, -0.05) is 44.5 Å². The van der Waals surface area contributed by atoms with E-state index in [9.17, 15) is 0 Å². The van der Waals surface area contributed by atoms with Crippen LogP contribution in [0.15, 0.2) is 24.3 Å². The van der Waals surface area contributed by atoms with E-state index in [2.05, 4.69) is 55.4 Å². The quantitative estimate of drug-likeness (QED) is 0.736. The van der Waals surface area contributed by atoms with Crippen molar-refractivity contribution in [3.8, 4) is 0 Å². The van der Waals surface area contributed by atoms with Crippen molar-refractivity contribution >= 4 is 0 Å². The Kier molecular flexibility index (Phi) is 7.76. The lowest BCUT2D eigenvalue weighted by Crippen LogP contribution is -2.26. The Balaban J connectivity index is 2.32. The lowest BCUT2D eigenvalue weighted by Gasteiger charge is -2.20. The van der Waals surface area contributed by atoms with E-state index >= 15 is 0 Å². The van der Waals surface area contributed by atoms with Crippen LogP contribution in [0.25, 0.3) is 0 Å². The minimum Gasteiger partial charge on any atom is -0.319 e. The van der Waals surface area contributed by atoms with Crippen LogP contribution in [0.4, 0.5) is 0 Å². The molecule has 0 saturated carbocycles. The second kappa shape index (κ2) is 9.11. The summed E-state index contributed by atoms with van der Waals surface area (Å²) in [6, 6.07) is 9.09. The average Bonchev–Trinajstić information content (AvgIpc) is 2.43. The molecular formula is C17H30N2. The van der Waals surface area contributed by atoms with Crippen LogP contribution in [-0.2, 0) is 12.8 Å². The first-order chi connectivity index (χ1) is 9.15. The summed E-state index contributed by atoms with van der Waals surface area (Å²) >= 11 is 0. The minimum absolute atomic E-state index is 0.800. The summed E-state index contributed by atoms with van der Waals surface area (Å²) in [5.74, 6) is 0.800. The van der Waals surface area contributed by atoms with Crippen molar-refractivity contribution in [2.75, 3.05) is 33.7 Å². The molecule has 108 valence electrons. The summed E-state index contributed by atoms with van der Waals surface area (Å²) in [4.78, 5) is 2.45. The lowest BCUT2D eigenvalue weighted by molar-refractivity contribution is 0.285. The number of hydrogen-bond donors (Lipinski definition) is 1. The molecule has 1 atom stereocenters. The zero-order chi connectivity index (χ0) is 14.1. The first kappa shape index (κ1) is 16.2. The van der Waals surface area contributed by atoms with E-state index in [-0.39, 0.29) is 0 Å². The highest BCUT2D eigenvalue weighted by molar-refractivity contribution is 5.23. The molecule has 1 unspecified atom stereocenters. The molecule has 0 aliphatic heterocycles. The van der Waals surface area contributed by atoms with Gasteiger partial charge in [0, 0.05) is 13.1 Å². The number of rotatable bonds is 9. The van der Waals surface area contributed by atoms with E-state index in [1.807, 2.05) is 7.05 Å². The molecule has 1 rings (SSSR count).